The van der Waals surface area contributed by atoms with Crippen LogP contribution in [0.15, 0.2) is 53.4 Å². The number of carbonyl (C=O) groups excluding carboxylic acids is 1. The summed E-state index contributed by atoms with van der Waals surface area (Å²) in [5.74, 6) is -0.322. The molecule has 0 saturated carbocycles. The minimum Gasteiger partial charge on any atom is -0.298 e. The topological polar surface area (TPSA) is 76.1 Å². The number of aromatic nitrogens is 1. The van der Waals surface area contributed by atoms with E-state index >= 15 is 0 Å². The summed E-state index contributed by atoms with van der Waals surface area (Å²) in [5, 5.41) is 3.72. The van der Waals surface area contributed by atoms with Crippen molar-refractivity contribution >= 4 is 60.1 Å². The van der Waals surface area contributed by atoms with Gasteiger partial charge in [-0.3, -0.25) is 10.1 Å². The molecule has 1 N–H and O–H groups in total. The second-order valence-electron chi connectivity index (χ2n) is 5.29. The van der Waals surface area contributed by atoms with Crippen molar-refractivity contribution in [3.63, 3.8) is 0 Å². The molecule has 1 amide bonds. The number of halogens is 1. The standard InChI is InChI=1S/C17H13ClN2O3S2/c1-25(22,23)13-7-8-14-15(10-13)24-17(19-14)20-16(21)9-4-11-2-5-12(18)6-3-11/h2-10H,1H3,(H,19,20,21)/b9-4+. The molecule has 0 saturated heterocycles. The third-order valence-electron chi connectivity index (χ3n) is 3.32. The van der Waals surface area contributed by atoms with E-state index < -0.39 is 9.84 Å². The number of sulfone groups is 1. The molecule has 0 unspecified atom stereocenters. The maximum Gasteiger partial charge on any atom is 0.250 e. The highest BCUT2D eigenvalue weighted by Gasteiger charge is 2.11. The van der Waals surface area contributed by atoms with Crippen LogP contribution in [0.1, 0.15) is 5.56 Å². The van der Waals surface area contributed by atoms with Gasteiger partial charge in [0, 0.05) is 17.4 Å². The predicted octanol–water partition coefficient (Wildman–Crippen LogP) is 4.01. The Hall–Kier alpha value is -2.22. The van der Waals surface area contributed by atoms with Crippen molar-refractivity contribution in [3.05, 3.63) is 59.1 Å². The fourth-order valence-electron chi connectivity index (χ4n) is 2.08. The number of amides is 1. The molecule has 3 rings (SSSR count). The lowest BCUT2D eigenvalue weighted by molar-refractivity contribution is -0.111. The number of nitrogens with zero attached hydrogens (tertiary/aromatic N) is 1. The number of rotatable bonds is 4. The van der Waals surface area contributed by atoms with E-state index in [1.807, 2.05) is 0 Å². The SMILES string of the molecule is CS(=O)(=O)c1ccc2nc(NC(=O)/C=C/c3ccc(Cl)cc3)sc2c1. The van der Waals surface area contributed by atoms with Gasteiger partial charge in [-0.1, -0.05) is 35.1 Å². The zero-order valence-corrected chi connectivity index (χ0v) is 15.5. The van der Waals surface area contributed by atoms with E-state index in [9.17, 15) is 13.2 Å². The van der Waals surface area contributed by atoms with Crippen LogP contribution < -0.4 is 5.32 Å². The highest BCUT2D eigenvalue weighted by atomic mass is 35.5. The van der Waals surface area contributed by atoms with Crippen molar-refractivity contribution in [2.24, 2.45) is 0 Å². The van der Waals surface area contributed by atoms with Crippen LogP contribution >= 0.6 is 22.9 Å². The van der Waals surface area contributed by atoms with Crippen LogP contribution in [0.5, 0.6) is 0 Å². The van der Waals surface area contributed by atoms with Gasteiger partial charge in [-0.2, -0.15) is 0 Å². The fraction of sp³-hybridized carbons (Fsp3) is 0.0588. The lowest BCUT2D eigenvalue weighted by atomic mass is 10.2. The lowest BCUT2D eigenvalue weighted by Gasteiger charge is -1.96. The normalized spacial score (nSPS) is 11.9. The average Bonchev–Trinajstić information content (AvgIpc) is 2.94. The Morgan fingerprint density at radius 3 is 2.60 bits per heavy atom. The molecule has 0 radical (unpaired) electrons. The molecule has 0 fully saturated rings. The van der Waals surface area contributed by atoms with Gasteiger partial charge in [-0.05, 0) is 42.0 Å². The first-order valence-corrected chi connectivity index (χ1v) is 10.3. The largest absolute Gasteiger partial charge is 0.298 e. The second-order valence-corrected chi connectivity index (χ2v) is 8.78. The Morgan fingerprint density at radius 2 is 1.92 bits per heavy atom. The van der Waals surface area contributed by atoms with Gasteiger partial charge in [0.15, 0.2) is 15.0 Å². The number of nitrogens with one attached hydrogen (secondary N) is 1. The molecule has 5 nitrogen and oxygen atoms in total. The number of carbonyl (C=O) groups is 1. The number of hydrogen-bond donors (Lipinski definition) is 1. The molecule has 0 spiro atoms. The van der Waals surface area contributed by atoms with Crippen LogP contribution in [0, 0.1) is 0 Å². The molecule has 0 aliphatic carbocycles. The third-order valence-corrected chi connectivity index (χ3v) is 5.61. The van der Waals surface area contributed by atoms with E-state index in [2.05, 4.69) is 10.3 Å². The van der Waals surface area contributed by atoms with Gasteiger partial charge >= 0.3 is 0 Å². The molecule has 1 heterocycles. The predicted molar refractivity (Wildman–Crippen MR) is 102 cm³/mol. The number of anilines is 1. The van der Waals surface area contributed by atoms with E-state index in [1.165, 1.54) is 23.5 Å². The zero-order valence-electron chi connectivity index (χ0n) is 13.1. The lowest BCUT2D eigenvalue weighted by Crippen LogP contribution is -2.07. The van der Waals surface area contributed by atoms with Crippen LogP contribution in [0.25, 0.3) is 16.3 Å². The number of benzene rings is 2. The van der Waals surface area contributed by atoms with Crippen molar-refractivity contribution in [1.29, 1.82) is 0 Å². The van der Waals surface area contributed by atoms with Gasteiger partial charge in [0.1, 0.15) is 0 Å². The highest BCUT2D eigenvalue weighted by Crippen LogP contribution is 2.28. The van der Waals surface area contributed by atoms with Gasteiger partial charge in [-0.15, -0.1) is 0 Å². The van der Waals surface area contributed by atoms with Crippen LogP contribution in [-0.2, 0) is 14.6 Å². The molecule has 0 atom stereocenters. The Balaban J connectivity index is 1.76. The van der Waals surface area contributed by atoms with E-state index in [1.54, 1.807) is 42.5 Å². The number of fused-ring (bicyclic) bond motifs is 1. The van der Waals surface area contributed by atoms with Crippen molar-refractivity contribution in [2.75, 3.05) is 11.6 Å². The number of thiazole rings is 1. The van der Waals surface area contributed by atoms with Crippen molar-refractivity contribution in [2.45, 2.75) is 4.90 Å². The quantitative estimate of drug-likeness (QED) is 0.681. The minimum atomic E-state index is -3.28. The maximum absolute atomic E-state index is 12.0. The van der Waals surface area contributed by atoms with Crippen LogP contribution in [0.2, 0.25) is 5.02 Å². The summed E-state index contributed by atoms with van der Waals surface area (Å²) < 4.78 is 23.9. The van der Waals surface area contributed by atoms with E-state index in [-0.39, 0.29) is 10.8 Å². The molecule has 2 aromatic carbocycles. The van der Waals surface area contributed by atoms with Gasteiger partial charge < -0.3 is 0 Å². The van der Waals surface area contributed by atoms with Crippen molar-refractivity contribution in [1.82, 2.24) is 4.98 Å². The zero-order chi connectivity index (χ0) is 18.0. The summed E-state index contributed by atoms with van der Waals surface area (Å²) in [6.45, 7) is 0. The second kappa shape index (κ2) is 6.95. The summed E-state index contributed by atoms with van der Waals surface area (Å²) in [6.07, 6.45) is 4.22. The van der Waals surface area contributed by atoms with E-state index in [4.69, 9.17) is 11.6 Å². The Bertz CT molecular complexity index is 1070. The van der Waals surface area contributed by atoms with E-state index in [0.29, 0.717) is 20.4 Å². The first-order chi connectivity index (χ1) is 11.8. The van der Waals surface area contributed by atoms with Crippen molar-refractivity contribution < 1.29 is 13.2 Å². The first kappa shape index (κ1) is 17.6. The molecule has 8 heteroatoms. The van der Waals surface area contributed by atoms with Crippen LogP contribution in [0.4, 0.5) is 5.13 Å². The number of hydrogen-bond acceptors (Lipinski definition) is 5. The Kier molecular flexibility index (Phi) is 4.89. The molecule has 0 aliphatic heterocycles. The van der Waals surface area contributed by atoms with Crippen LogP contribution in [0.3, 0.4) is 0 Å². The fourth-order valence-corrected chi connectivity index (χ4v) is 3.84. The average molecular weight is 393 g/mol. The summed E-state index contributed by atoms with van der Waals surface area (Å²) in [4.78, 5) is 16.5. The highest BCUT2D eigenvalue weighted by molar-refractivity contribution is 7.90. The molecule has 0 aliphatic rings. The van der Waals surface area contributed by atoms with Crippen LogP contribution in [-0.4, -0.2) is 25.6 Å². The Morgan fingerprint density at radius 1 is 1.20 bits per heavy atom. The summed E-state index contributed by atoms with van der Waals surface area (Å²) in [7, 11) is -3.28. The van der Waals surface area contributed by atoms with Gasteiger partial charge in [0.25, 0.3) is 0 Å². The molecule has 25 heavy (non-hydrogen) atoms. The van der Waals surface area contributed by atoms with Crippen molar-refractivity contribution in [3.8, 4) is 0 Å². The monoisotopic (exact) mass is 392 g/mol. The smallest absolute Gasteiger partial charge is 0.250 e. The molecule has 3 aromatic rings. The summed E-state index contributed by atoms with van der Waals surface area (Å²) in [6, 6.07) is 11.8. The molecular weight excluding hydrogens is 380 g/mol. The Labute approximate surface area is 153 Å². The third kappa shape index (κ3) is 4.45. The molecule has 0 bridgehead atoms. The molecular formula is C17H13ClN2O3S2. The van der Waals surface area contributed by atoms with Gasteiger partial charge in [0.05, 0.1) is 15.1 Å². The summed E-state index contributed by atoms with van der Waals surface area (Å²) >= 11 is 7.03. The molecule has 1 aromatic heterocycles. The van der Waals surface area contributed by atoms with Gasteiger partial charge in [-0.25, -0.2) is 13.4 Å². The first-order valence-electron chi connectivity index (χ1n) is 7.16. The maximum atomic E-state index is 12.0. The minimum absolute atomic E-state index is 0.226. The van der Waals surface area contributed by atoms with Gasteiger partial charge in [0.2, 0.25) is 5.91 Å². The molecule has 128 valence electrons. The van der Waals surface area contributed by atoms with E-state index in [0.717, 1.165) is 11.8 Å². The summed E-state index contributed by atoms with van der Waals surface area (Å²) in [5.41, 5.74) is 1.48.